The van der Waals surface area contributed by atoms with E-state index in [0.717, 1.165) is 64.2 Å². The molecule has 0 radical (unpaired) electrons. The minimum Gasteiger partial charge on any atom is -0.457 e. The van der Waals surface area contributed by atoms with E-state index >= 15 is 0 Å². The van der Waals surface area contributed by atoms with Crippen LogP contribution in [0.2, 0.25) is 0 Å². The third-order valence-corrected chi connectivity index (χ3v) is 9.14. The Morgan fingerprint density at radius 1 is 0.615 bits per heavy atom. The zero-order chi connectivity index (χ0) is 38.2. The van der Waals surface area contributed by atoms with Gasteiger partial charge in [-0.05, 0) is 70.6 Å². The summed E-state index contributed by atoms with van der Waals surface area (Å²) in [6.07, 6.45) is 43.3. The van der Waals surface area contributed by atoms with E-state index in [2.05, 4.69) is 74.6 Å². The summed E-state index contributed by atoms with van der Waals surface area (Å²) in [6, 6.07) is 0. The molecule has 0 heterocycles. The van der Waals surface area contributed by atoms with Gasteiger partial charge in [0.25, 0.3) is 0 Å². The van der Waals surface area contributed by atoms with E-state index in [9.17, 15) is 19.4 Å². The first-order chi connectivity index (χ1) is 25.3. The minimum absolute atomic E-state index is 0.00739. The van der Waals surface area contributed by atoms with Crippen molar-refractivity contribution in [2.45, 2.75) is 167 Å². The van der Waals surface area contributed by atoms with Crippen molar-refractivity contribution in [3.8, 4) is 0 Å². The Kier molecular flexibility index (Phi) is 37.5. The van der Waals surface area contributed by atoms with E-state index in [1.54, 1.807) is 0 Å². The number of hydrogen-bond acceptors (Lipinski definition) is 8. The van der Waals surface area contributed by atoms with E-state index in [0.29, 0.717) is 13.0 Å². The van der Waals surface area contributed by atoms with Crippen LogP contribution >= 0.6 is 7.82 Å². The summed E-state index contributed by atoms with van der Waals surface area (Å²) in [6.45, 7) is 3.23. The van der Waals surface area contributed by atoms with Crippen LogP contribution in [0.1, 0.15) is 155 Å². The lowest BCUT2D eigenvalue weighted by atomic mass is 10.1. The van der Waals surface area contributed by atoms with Gasteiger partial charge >= 0.3 is 13.8 Å². The number of aliphatic hydroxyl groups is 2. The van der Waals surface area contributed by atoms with Gasteiger partial charge in [0.15, 0.2) is 0 Å². The fraction of sp³-hybridized carbons (Fsp3) is 0.738. The standard InChI is InChI=1S/C42H75O9P/c1-3-5-7-9-11-13-15-17-19-20-21-22-24-26-28-30-32-34-42(45)51-41(39-50-52(46,47)49-37-40(44)36-43)38-48-35-33-31-29-27-25-23-18-16-14-12-10-8-6-4-2/h6,8,12,14,17-19,23,27,29,40-41,43-44H,3-5,7,9-11,13,15-16,20-22,24-26,28,30-39H2,1-2H3,(H,46,47)/b8-6-,14-12-,19-17-,23-18-,29-27-. The normalized spacial score (nSPS) is 14.8. The van der Waals surface area contributed by atoms with Crippen LogP contribution < -0.4 is 0 Å². The molecule has 0 rings (SSSR count). The molecule has 0 aromatic rings. The predicted octanol–water partition coefficient (Wildman–Crippen LogP) is 10.8. The molecule has 0 saturated heterocycles. The van der Waals surface area contributed by atoms with Gasteiger partial charge in [-0.1, -0.05) is 139 Å². The molecule has 0 bridgehead atoms. The van der Waals surface area contributed by atoms with E-state index in [1.165, 1.54) is 64.2 Å². The van der Waals surface area contributed by atoms with Crippen molar-refractivity contribution < 1.29 is 43.0 Å². The quantitative estimate of drug-likeness (QED) is 0.0244. The second kappa shape index (κ2) is 38.9. The maximum absolute atomic E-state index is 12.6. The van der Waals surface area contributed by atoms with Crippen molar-refractivity contribution in [1.82, 2.24) is 0 Å². The maximum Gasteiger partial charge on any atom is 0.472 e. The third kappa shape index (κ3) is 37.9. The van der Waals surface area contributed by atoms with Crippen molar-refractivity contribution in [2.24, 2.45) is 0 Å². The predicted molar refractivity (Wildman–Crippen MR) is 214 cm³/mol. The average Bonchev–Trinajstić information content (AvgIpc) is 3.13. The number of allylic oxidation sites excluding steroid dienone is 10. The number of rotatable bonds is 38. The average molecular weight is 755 g/mol. The largest absolute Gasteiger partial charge is 0.472 e. The van der Waals surface area contributed by atoms with E-state index in [1.807, 2.05) is 0 Å². The summed E-state index contributed by atoms with van der Waals surface area (Å²) in [5, 5.41) is 18.3. The van der Waals surface area contributed by atoms with Crippen molar-refractivity contribution in [3.05, 3.63) is 60.8 Å². The van der Waals surface area contributed by atoms with E-state index < -0.39 is 45.8 Å². The summed E-state index contributed by atoms with van der Waals surface area (Å²) in [7, 11) is -4.53. The van der Waals surface area contributed by atoms with Crippen LogP contribution in [-0.2, 0) is 27.9 Å². The molecule has 3 atom stereocenters. The van der Waals surface area contributed by atoms with Crippen molar-refractivity contribution >= 4 is 13.8 Å². The lowest BCUT2D eigenvalue weighted by Gasteiger charge is -2.20. The second-order valence-electron chi connectivity index (χ2n) is 13.3. The molecule has 0 aliphatic heterocycles. The van der Waals surface area contributed by atoms with Crippen LogP contribution in [0, 0.1) is 0 Å². The van der Waals surface area contributed by atoms with Crippen LogP contribution in [0.4, 0.5) is 0 Å². The molecular weight excluding hydrogens is 679 g/mol. The summed E-state index contributed by atoms with van der Waals surface area (Å²) in [5.41, 5.74) is 0. The topological polar surface area (TPSA) is 132 Å². The Morgan fingerprint density at radius 2 is 1.10 bits per heavy atom. The lowest BCUT2D eigenvalue weighted by Crippen LogP contribution is -2.29. The fourth-order valence-electron chi connectivity index (χ4n) is 5.12. The first kappa shape index (κ1) is 50.2. The SMILES string of the molecule is CC/C=C\C/C=C\C/C=C\C/C=C\CCCOCC(COP(=O)(O)OCC(O)CO)OC(=O)CCCCCCCCC/C=C\CCCCCCCC. The third-order valence-electron chi connectivity index (χ3n) is 8.19. The van der Waals surface area contributed by atoms with Gasteiger partial charge in [0.2, 0.25) is 0 Å². The number of hydrogen-bond donors (Lipinski definition) is 3. The van der Waals surface area contributed by atoms with E-state index in [-0.39, 0.29) is 13.0 Å². The Balaban J connectivity index is 4.29. The van der Waals surface area contributed by atoms with Gasteiger partial charge in [-0.2, -0.15) is 0 Å². The number of phosphoric ester groups is 1. The molecule has 0 aromatic carbocycles. The van der Waals surface area contributed by atoms with Gasteiger partial charge in [-0.3, -0.25) is 13.8 Å². The highest BCUT2D eigenvalue weighted by atomic mass is 31.2. The Hall–Kier alpha value is -1.84. The smallest absolute Gasteiger partial charge is 0.457 e. The molecule has 52 heavy (non-hydrogen) atoms. The molecule has 0 fully saturated rings. The van der Waals surface area contributed by atoms with Crippen LogP contribution in [0.25, 0.3) is 0 Å². The molecule has 3 unspecified atom stereocenters. The van der Waals surface area contributed by atoms with Gasteiger partial charge in [0, 0.05) is 13.0 Å². The summed E-state index contributed by atoms with van der Waals surface area (Å²) in [4.78, 5) is 22.5. The van der Waals surface area contributed by atoms with Crippen LogP contribution in [0.5, 0.6) is 0 Å². The number of ether oxygens (including phenoxy) is 2. The molecule has 10 heteroatoms. The number of phosphoric acid groups is 1. The number of unbranched alkanes of at least 4 members (excludes halogenated alkanes) is 14. The molecule has 0 aliphatic rings. The zero-order valence-electron chi connectivity index (χ0n) is 32.8. The van der Waals surface area contributed by atoms with Crippen molar-refractivity contribution in [2.75, 3.05) is 33.0 Å². The highest BCUT2D eigenvalue weighted by molar-refractivity contribution is 7.47. The molecule has 0 amide bonds. The van der Waals surface area contributed by atoms with Crippen LogP contribution in [0.15, 0.2) is 60.8 Å². The van der Waals surface area contributed by atoms with Crippen molar-refractivity contribution in [1.29, 1.82) is 0 Å². The Morgan fingerprint density at radius 3 is 1.67 bits per heavy atom. The Bertz CT molecular complexity index is 992. The first-order valence-corrected chi connectivity index (χ1v) is 21.8. The molecule has 0 saturated carbocycles. The minimum atomic E-state index is -4.53. The molecule has 0 aromatic heterocycles. The highest BCUT2D eigenvalue weighted by Gasteiger charge is 2.26. The van der Waals surface area contributed by atoms with Crippen LogP contribution in [-0.4, -0.2) is 66.3 Å². The molecule has 0 spiro atoms. The summed E-state index contributed by atoms with van der Waals surface area (Å²) >= 11 is 0. The summed E-state index contributed by atoms with van der Waals surface area (Å²) < 4.78 is 33.2. The van der Waals surface area contributed by atoms with Crippen LogP contribution in [0.3, 0.4) is 0 Å². The van der Waals surface area contributed by atoms with Gasteiger partial charge in [0.1, 0.15) is 12.2 Å². The second-order valence-corrected chi connectivity index (χ2v) is 14.7. The maximum atomic E-state index is 12.6. The first-order valence-electron chi connectivity index (χ1n) is 20.3. The van der Waals surface area contributed by atoms with Gasteiger partial charge in [-0.25, -0.2) is 4.57 Å². The fourth-order valence-corrected chi connectivity index (χ4v) is 5.91. The number of esters is 1. The number of carbonyl (C=O) groups excluding carboxylic acids is 1. The molecule has 3 N–H and O–H groups in total. The highest BCUT2D eigenvalue weighted by Crippen LogP contribution is 2.43. The lowest BCUT2D eigenvalue weighted by molar-refractivity contribution is -0.154. The monoisotopic (exact) mass is 755 g/mol. The molecule has 9 nitrogen and oxygen atoms in total. The van der Waals surface area contributed by atoms with E-state index in [4.69, 9.17) is 23.6 Å². The zero-order valence-corrected chi connectivity index (χ0v) is 33.7. The van der Waals surface area contributed by atoms with Gasteiger partial charge in [0.05, 0.1) is 26.4 Å². The van der Waals surface area contributed by atoms with Gasteiger partial charge < -0.3 is 24.6 Å². The van der Waals surface area contributed by atoms with Crippen molar-refractivity contribution in [3.63, 3.8) is 0 Å². The number of carbonyl (C=O) groups is 1. The Labute approximate surface area is 317 Å². The summed E-state index contributed by atoms with van der Waals surface area (Å²) in [5.74, 6) is -0.408. The number of aliphatic hydroxyl groups excluding tert-OH is 2. The molecule has 302 valence electrons. The molecule has 0 aliphatic carbocycles. The van der Waals surface area contributed by atoms with Gasteiger partial charge in [-0.15, -0.1) is 0 Å². The molecular formula is C42H75O9P.